The molecule has 2 N–H and O–H groups in total. The molecule has 11 heteroatoms. The molecule has 0 radical (unpaired) electrons. The quantitative estimate of drug-likeness (QED) is 0.474. The van der Waals surface area contributed by atoms with E-state index in [1.807, 2.05) is 25.1 Å². The highest BCUT2D eigenvalue weighted by molar-refractivity contribution is 5.93. The second-order valence-corrected chi connectivity index (χ2v) is 8.64. The summed E-state index contributed by atoms with van der Waals surface area (Å²) in [6.07, 6.45) is 2.58. The molecule has 1 saturated heterocycles. The van der Waals surface area contributed by atoms with Gasteiger partial charge in [-0.2, -0.15) is 4.68 Å². The number of benzene rings is 1. The molecular weight excluding hydrogens is 438 g/mol. The predicted octanol–water partition coefficient (Wildman–Crippen LogP) is 0.421. The maximum Gasteiger partial charge on any atom is 0.338 e. The lowest BCUT2D eigenvalue weighted by Crippen LogP contribution is -2.49. The van der Waals surface area contributed by atoms with Gasteiger partial charge in [-0.1, -0.05) is 12.1 Å². The summed E-state index contributed by atoms with van der Waals surface area (Å²) in [5, 5.41) is 32.1. The Bertz CT molecular complexity index is 1140. The summed E-state index contributed by atoms with van der Waals surface area (Å²) >= 11 is 0. The largest absolute Gasteiger partial charge is 0.457 e. The molecule has 5 rings (SSSR count). The molecule has 1 fully saturated rings. The van der Waals surface area contributed by atoms with E-state index in [9.17, 15) is 15.0 Å². The van der Waals surface area contributed by atoms with Gasteiger partial charge in [-0.3, -0.25) is 9.80 Å². The van der Waals surface area contributed by atoms with Crippen LogP contribution in [0.4, 0.5) is 0 Å². The van der Waals surface area contributed by atoms with Gasteiger partial charge in [-0.15, -0.1) is 5.10 Å². The molecule has 2 aromatic heterocycles. The fourth-order valence-corrected chi connectivity index (χ4v) is 4.76. The van der Waals surface area contributed by atoms with E-state index in [0.717, 1.165) is 48.4 Å². The number of carbonyl (C=O) groups is 1. The third-order valence-corrected chi connectivity index (χ3v) is 6.76. The monoisotopic (exact) mass is 465 g/mol. The van der Waals surface area contributed by atoms with Crippen LogP contribution >= 0.6 is 0 Å². The summed E-state index contributed by atoms with van der Waals surface area (Å²) in [7, 11) is 0. The van der Waals surface area contributed by atoms with Crippen LogP contribution in [0.3, 0.4) is 0 Å². The number of ether oxygens (including phenoxy) is 1. The first-order valence-corrected chi connectivity index (χ1v) is 11.3. The first kappa shape index (κ1) is 22.5. The molecule has 2 aliphatic rings. The van der Waals surface area contributed by atoms with Gasteiger partial charge in [0.2, 0.25) is 0 Å². The van der Waals surface area contributed by atoms with Gasteiger partial charge in [0.25, 0.3) is 0 Å². The Labute approximate surface area is 196 Å². The molecular formula is C23H27N7O4. The molecule has 34 heavy (non-hydrogen) atoms. The number of aliphatic hydroxyl groups excluding tert-OH is 2. The Morgan fingerprint density at radius 1 is 1.15 bits per heavy atom. The molecule has 11 nitrogen and oxygen atoms in total. The second-order valence-electron chi connectivity index (χ2n) is 8.64. The van der Waals surface area contributed by atoms with Crippen molar-refractivity contribution in [3.8, 4) is 5.82 Å². The highest BCUT2D eigenvalue weighted by atomic mass is 16.5. The smallest absolute Gasteiger partial charge is 0.338 e. The van der Waals surface area contributed by atoms with Crippen LogP contribution in [0.5, 0.6) is 0 Å². The topological polar surface area (TPSA) is 130 Å². The van der Waals surface area contributed by atoms with Gasteiger partial charge in [0.15, 0.2) is 5.82 Å². The lowest BCUT2D eigenvalue weighted by Gasteiger charge is -2.39. The minimum Gasteiger partial charge on any atom is -0.457 e. The van der Waals surface area contributed by atoms with Crippen molar-refractivity contribution in [2.45, 2.75) is 25.7 Å². The Kier molecular flexibility index (Phi) is 6.33. The normalized spacial score (nSPS) is 18.5. The first-order chi connectivity index (χ1) is 16.5. The van der Waals surface area contributed by atoms with Crippen molar-refractivity contribution < 1.29 is 19.7 Å². The second kappa shape index (κ2) is 9.55. The number of hydrogen-bond donors (Lipinski definition) is 2. The van der Waals surface area contributed by atoms with E-state index < -0.39 is 6.10 Å². The maximum atomic E-state index is 11.8. The number of tetrazole rings is 1. The zero-order valence-electron chi connectivity index (χ0n) is 18.9. The molecule has 0 amide bonds. The lowest BCUT2D eigenvalue weighted by molar-refractivity contribution is 0.0398. The number of pyridine rings is 1. The standard InChI is InChI=1S/C23H27N7O4/c1-15-17(3-4-18-19(15)13-34-23(18)33)21(32)11-28-6-8-29(9-7-28)20(12-31)16-2-5-22(24-10-16)30-14-25-26-27-30/h2-5,10,14,20-21,31-32H,6-9,11-13H2,1H3/t20?,21-/m0/s1. The molecule has 0 aliphatic carbocycles. The lowest BCUT2D eigenvalue weighted by atomic mass is 9.95. The number of β-amino-alcohol motifs (C(OH)–C–C–N with tert-alkyl or cyclic N) is 1. The van der Waals surface area contributed by atoms with Crippen LogP contribution in [0.15, 0.2) is 36.8 Å². The van der Waals surface area contributed by atoms with Crippen LogP contribution in [-0.2, 0) is 11.3 Å². The van der Waals surface area contributed by atoms with Crippen molar-refractivity contribution in [2.75, 3.05) is 39.3 Å². The van der Waals surface area contributed by atoms with Crippen LogP contribution in [0.25, 0.3) is 5.82 Å². The Balaban J connectivity index is 1.19. The number of aliphatic hydroxyl groups is 2. The highest BCUT2D eigenvalue weighted by Crippen LogP contribution is 2.30. The summed E-state index contributed by atoms with van der Waals surface area (Å²) in [4.78, 5) is 20.7. The van der Waals surface area contributed by atoms with Crippen molar-refractivity contribution in [1.82, 2.24) is 35.0 Å². The zero-order chi connectivity index (χ0) is 23.7. The highest BCUT2D eigenvalue weighted by Gasteiger charge is 2.28. The molecule has 2 aliphatic heterocycles. The number of esters is 1. The van der Waals surface area contributed by atoms with E-state index >= 15 is 0 Å². The zero-order valence-corrected chi connectivity index (χ0v) is 18.9. The maximum absolute atomic E-state index is 11.8. The van der Waals surface area contributed by atoms with Crippen molar-refractivity contribution >= 4 is 5.97 Å². The molecule has 4 heterocycles. The molecule has 0 bridgehead atoms. The van der Waals surface area contributed by atoms with E-state index in [1.54, 1.807) is 12.3 Å². The third kappa shape index (κ3) is 4.30. The summed E-state index contributed by atoms with van der Waals surface area (Å²) < 4.78 is 6.61. The average Bonchev–Trinajstić information content (AvgIpc) is 3.52. The minimum absolute atomic E-state index is 0.0103. The van der Waals surface area contributed by atoms with Crippen LogP contribution < -0.4 is 0 Å². The number of hydrogen-bond acceptors (Lipinski definition) is 10. The fourth-order valence-electron chi connectivity index (χ4n) is 4.76. The predicted molar refractivity (Wildman–Crippen MR) is 120 cm³/mol. The number of fused-ring (bicyclic) bond motifs is 1. The molecule has 0 spiro atoms. The van der Waals surface area contributed by atoms with Crippen molar-refractivity contribution in [2.24, 2.45) is 0 Å². The number of piperazine rings is 1. The van der Waals surface area contributed by atoms with Crippen molar-refractivity contribution in [3.05, 3.63) is 64.6 Å². The van der Waals surface area contributed by atoms with Crippen LogP contribution in [-0.4, -0.2) is 90.5 Å². The van der Waals surface area contributed by atoms with E-state index in [2.05, 4.69) is 30.3 Å². The molecule has 0 saturated carbocycles. The molecule has 3 aromatic rings. The third-order valence-electron chi connectivity index (χ3n) is 6.76. The van der Waals surface area contributed by atoms with Gasteiger partial charge < -0.3 is 14.9 Å². The summed E-state index contributed by atoms with van der Waals surface area (Å²) in [6.45, 7) is 5.77. The van der Waals surface area contributed by atoms with Crippen molar-refractivity contribution in [1.29, 1.82) is 0 Å². The first-order valence-electron chi connectivity index (χ1n) is 11.3. The Morgan fingerprint density at radius 3 is 2.65 bits per heavy atom. The number of rotatable bonds is 7. The van der Waals surface area contributed by atoms with Crippen LogP contribution in [0, 0.1) is 6.92 Å². The van der Waals surface area contributed by atoms with Crippen LogP contribution in [0.1, 0.15) is 44.8 Å². The SMILES string of the molecule is Cc1c([C@@H](O)CN2CCN(C(CO)c3ccc(-n4cnnn4)nc3)CC2)ccc2c1COC2=O. The Hall–Kier alpha value is -3.25. The fraction of sp³-hybridized carbons (Fsp3) is 0.435. The summed E-state index contributed by atoms with van der Waals surface area (Å²) in [5.74, 6) is 0.316. The number of carbonyl (C=O) groups excluding carboxylic acids is 1. The van der Waals surface area contributed by atoms with Gasteiger partial charge in [-0.05, 0) is 46.2 Å². The van der Waals surface area contributed by atoms with E-state index in [-0.39, 0.29) is 25.2 Å². The van der Waals surface area contributed by atoms with E-state index in [4.69, 9.17) is 4.74 Å². The molecule has 1 aromatic carbocycles. The summed E-state index contributed by atoms with van der Waals surface area (Å²) in [5.41, 5.74) is 4.15. The van der Waals surface area contributed by atoms with Gasteiger partial charge in [0.05, 0.1) is 24.3 Å². The van der Waals surface area contributed by atoms with E-state index in [1.165, 1.54) is 11.0 Å². The van der Waals surface area contributed by atoms with Gasteiger partial charge in [0, 0.05) is 44.5 Å². The van der Waals surface area contributed by atoms with E-state index in [0.29, 0.717) is 17.9 Å². The van der Waals surface area contributed by atoms with Gasteiger partial charge in [0.1, 0.15) is 12.9 Å². The van der Waals surface area contributed by atoms with Crippen molar-refractivity contribution in [3.63, 3.8) is 0 Å². The number of nitrogens with zero attached hydrogens (tertiary/aromatic N) is 7. The van der Waals surface area contributed by atoms with Gasteiger partial charge >= 0.3 is 5.97 Å². The molecule has 178 valence electrons. The average molecular weight is 466 g/mol. The summed E-state index contributed by atoms with van der Waals surface area (Å²) in [6, 6.07) is 7.19. The number of aromatic nitrogens is 5. The molecule has 1 unspecified atom stereocenters. The molecule has 2 atom stereocenters. The van der Waals surface area contributed by atoms with Gasteiger partial charge in [-0.25, -0.2) is 9.78 Å². The number of cyclic esters (lactones) is 1. The van der Waals surface area contributed by atoms with Crippen LogP contribution in [0.2, 0.25) is 0 Å². The Morgan fingerprint density at radius 2 is 1.97 bits per heavy atom. The minimum atomic E-state index is -0.649.